The van der Waals surface area contributed by atoms with Crippen molar-refractivity contribution >= 4 is 26.0 Å². The standard InChI is InChI=1S/C23H31N3O5S2/c1-5-25(6-2)32(28,29)21-11-8-20(9-12-21)23(27)24-13-15-26(16-14-24)33(30,31)22-10-7-18(3)19(4)17-22/h7-12,17H,5-6,13-16H2,1-4H3. The summed E-state index contributed by atoms with van der Waals surface area (Å²) >= 11 is 0. The molecular weight excluding hydrogens is 462 g/mol. The molecule has 0 saturated carbocycles. The molecule has 10 heteroatoms. The minimum absolute atomic E-state index is 0.145. The van der Waals surface area contributed by atoms with Crippen molar-refractivity contribution in [3.05, 3.63) is 59.2 Å². The van der Waals surface area contributed by atoms with Crippen LogP contribution in [0.2, 0.25) is 0 Å². The molecule has 1 aliphatic heterocycles. The highest BCUT2D eigenvalue weighted by Gasteiger charge is 2.31. The molecule has 1 saturated heterocycles. The lowest BCUT2D eigenvalue weighted by atomic mass is 10.1. The number of amides is 1. The summed E-state index contributed by atoms with van der Waals surface area (Å²) in [6.07, 6.45) is 0. The largest absolute Gasteiger partial charge is 0.336 e. The third-order valence-electron chi connectivity index (χ3n) is 6.09. The predicted molar refractivity (Wildman–Crippen MR) is 127 cm³/mol. The van der Waals surface area contributed by atoms with Gasteiger partial charge < -0.3 is 4.90 Å². The highest BCUT2D eigenvalue weighted by atomic mass is 32.2. The number of hydrogen-bond donors (Lipinski definition) is 0. The predicted octanol–water partition coefficient (Wildman–Crippen LogP) is 2.48. The lowest BCUT2D eigenvalue weighted by Gasteiger charge is -2.34. The van der Waals surface area contributed by atoms with Crippen LogP contribution in [-0.2, 0) is 20.0 Å². The maximum absolute atomic E-state index is 13.0. The molecule has 1 heterocycles. The van der Waals surface area contributed by atoms with Crippen LogP contribution < -0.4 is 0 Å². The fraction of sp³-hybridized carbons (Fsp3) is 0.435. The van der Waals surface area contributed by atoms with E-state index in [4.69, 9.17) is 0 Å². The van der Waals surface area contributed by atoms with E-state index in [1.807, 2.05) is 13.8 Å². The smallest absolute Gasteiger partial charge is 0.253 e. The Morgan fingerprint density at radius 3 is 1.88 bits per heavy atom. The first kappa shape index (κ1) is 25.4. The second-order valence-corrected chi connectivity index (χ2v) is 11.9. The summed E-state index contributed by atoms with van der Waals surface area (Å²) in [5, 5.41) is 0. The second-order valence-electron chi connectivity index (χ2n) is 8.06. The Morgan fingerprint density at radius 1 is 0.818 bits per heavy atom. The van der Waals surface area contributed by atoms with Gasteiger partial charge in [0.1, 0.15) is 0 Å². The third-order valence-corrected chi connectivity index (χ3v) is 10.0. The van der Waals surface area contributed by atoms with E-state index in [1.165, 1.54) is 32.9 Å². The van der Waals surface area contributed by atoms with Gasteiger partial charge in [0, 0.05) is 44.8 Å². The van der Waals surface area contributed by atoms with Gasteiger partial charge in [-0.2, -0.15) is 8.61 Å². The van der Waals surface area contributed by atoms with E-state index < -0.39 is 20.0 Å². The zero-order valence-corrected chi connectivity index (χ0v) is 21.1. The molecule has 1 amide bonds. The van der Waals surface area contributed by atoms with Gasteiger partial charge in [-0.05, 0) is 61.4 Å². The first-order valence-corrected chi connectivity index (χ1v) is 13.9. The molecule has 0 unspecified atom stereocenters. The molecule has 1 fully saturated rings. The first-order chi connectivity index (χ1) is 15.5. The van der Waals surface area contributed by atoms with Crippen molar-refractivity contribution in [1.29, 1.82) is 0 Å². The van der Waals surface area contributed by atoms with Gasteiger partial charge in [0.25, 0.3) is 5.91 Å². The molecule has 2 aromatic carbocycles. The van der Waals surface area contributed by atoms with Crippen molar-refractivity contribution in [2.24, 2.45) is 0 Å². The summed E-state index contributed by atoms with van der Waals surface area (Å²) in [5.41, 5.74) is 2.32. The van der Waals surface area contributed by atoms with Gasteiger partial charge in [-0.3, -0.25) is 4.79 Å². The molecular formula is C23H31N3O5S2. The number of carbonyl (C=O) groups excluding carboxylic acids is 1. The van der Waals surface area contributed by atoms with Gasteiger partial charge in [0.15, 0.2) is 0 Å². The molecule has 2 aromatic rings. The van der Waals surface area contributed by atoms with Gasteiger partial charge in [-0.25, -0.2) is 16.8 Å². The Morgan fingerprint density at radius 2 is 1.36 bits per heavy atom. The second kappa shape index (κ2) is 9.92. The van der Waals surface area contributed by atoms with Crippen LogP contribution in [0, 0.1) is 13.8 Å². The van der Waals surface area contributed by atoms with Crippen LogP contribution in [0.5, 0.6) is 0 Å². The minimum atomic E-state index is -3.63. The lowest BCUT2D eigenvalue weighted by Crippen LogP contribution is -2.50. The van der Waals surface area contributed by atoms with Crippen molar-refractivity contribution in [2.45, 2.75) is 37.5 Å². The Kier molecular flexibility index (Phi) is 7.62. The molecule has 33 heavy (non-hydrogen) atoms. The number of carbonyl (C=O) groups is 1. The third kappa shape index (κ3) is 5.13. The molecule has 0 spiro atoms. The number of benzene rings is 2. The van der Waals surface area contributed by atoms with Crippen LogP contribution in [0.3, 0.4) is 0 Å². The topological polar surface area (TPSA) is 95.1 Å². The van der Waals surface area contributed by atoms with Crippen LogP contribution in [-0.4, -0.2) is 75.5 Å². The highest BCUT2D eigenvalue weighted by molar-refractivity contribution is 7.89. The van der Waals surface area contributed by atoms with E-state index in [9.17, 15) is 21.6 Å². The molecule has 0 N–H and O–H groups in total. The minimum Gasteiger partial charge on any atom is -0.336 e. The van der Waals surface area contributed by atoms with Crippen LogP contribution in [0.1, 0.15) is 35.3 Å². The van der Waals surface area contributed by atoms with Crippen LogP contribution in [0.4, 0.5) is 0 Å². The average molecular weight is 494 g/mol. The summed E-state index contributed by atoms with van der Waals surface area (Å²) in [6, 6.07) is 11.0. The Hall–Kier alpha value is -2.27. The number of sulfonamides is 2. The van der Waals surface area contributed by atoms with Crippen LogP contribution >= 0.6 is 0 Å². The van der Waals surface area contributed by atoms with Gasteiger partial charge in [0.2, 0.25) is 20.0 Å². The quantitative estimate of drug-likeness (QED) is 0.591. The lowest BCUT2D eigenvalue weighted by molar-refractivity contribution is 0.0698. The van der Waals surface area contributed by atoms with E-state index >= 15 is 0 Å². The van der Waals surface area contributed by atoms with Crippen molar-refractivity contribution in [3.63, 3.8) is 0 Å². The monoisotopic (exact) mass is 493 g/mol. The molecule has 0 aliphatic carbocycles. The summed E-state index contributed by atoms with van der Waals surface area (Å²) in [7, 11) is -7.22. The molecule has 0 aromatic heterocycles. The number of nitrogens with zero attached hydrogens (tertiary/aromatic N) is 3. The van der Waals surface area contributed by atoms with Crippen molar-refractivity contribution in [2.75, 3.05) is 39.3 Å². The number of aryl methyl sites for hydroxylation is 2. The SMILES string of the molecule is CCN(CC)S(=O)(=O)c1ccc(C(=O)N2CCN(S(=O)(=O)c3ccc(C)c(C)c3)CC2)cc1. The van der Waals surface area contributed by atoms with Crippen LogP contribution in [0.25, 0.3) is 0 Å². The highest BCUT2D eigenvalue weighted by Crippen LogP contribution is 2.22. The molecule has 0 radical (unpaired) electrons. The van der Waals surface area contributed by atoms with Gasteiger partial charge in [0.05, 0.1) is 9.79 Å². The fourth-order valence-electron chi connectivity index (χ4n) is 3.82. The maximum Gasteiger partial charge on any atom is 0.253 e. The normalized spacial score (nSPS) is 15.7. The number of hydrogen-bond acceptors (Lipinski definition) is 5. The fourth-order valence-corrected chi connectivity index (χ4v) is 6.79. The number of rotatable bonds is 7. The molecule has 0 bridgehead atoms. The van der Waals surface area contributed by atoms with Crippen LogP contribution in [0.15, 0.2) is 52.3 Å². The summed E-state index contributed by atoms with van der Waals surface area (Å²) in [4.78, 5) is 14.9. The maximum atomic E-state index is 13.0. The summed E-state index contributed by atoms with van der Waals surface area (Å²) in [5.74, 6) is -0.245. The zero-order chi connectivity index (χ0) is 24.4. The summed E-state index contributed by atoms with van der Waals surface area (Å²) in [6.45, 7) is 9.04. The van der Waals surface area contributed by atoms with E-state index in [2.05, 4.69) is 0 Å². The Balaban J connectivity index is 1.68. The van der Waals surface area contributed by atoms with Crippen molar-refractivity contribution < 1.29 is 21.6 Å². The molecule has 8 nitrogen and oxygen atoms in total. The molecule has 0 atom stereocenters. The average Bonchev–Trinajstić information content (AvgIpc) is 2.81. The molecule has 180 valence electrons. The zero-order valence-electron chi connectivity index (χ0n) is 19.5. The van der Waals surface area contributed by atoms with E-state index in [-0.39, 0.29) is 41.9 Å². The Bertz CT molecular complexity index is 1210. The van der Waals surface area contributed by atoms with Gasteiger partial charge >= 0.3 is 0 Å². The Labute approximate surface area is 196 Å². The van der Waals surface area contributed by atoms with E-state index in [1.54, 1.807) is 36.9 Å². The van der Waals surface area contributed by atoms with E-state index in [0.29, 0.717) is 18.7 Å². The van der Waals surface area contributed by atoms with Crippen molar-refractivity contribution in [3.8, 4) is 0 Å². The molecule has 3 rings (SSSR count). The van der Waals surface area contributed by atoms with E-state index in [0.717, 1.165) is 11.1 Å². The van der Waals surface area contributed by atoms with Gasteiger partial charge in [-0.1, -0.05) is 19.9 Å². The van der Waals surface area contributed by atoms with Crippen molar-refractivity contribution in [1.82, 2.24) is 13.5 Å². The molecule has 1 aliphatic rings. The first-order valence-electron chi connectivity index (χ1n) is 11.0. The summed E-state index contributed by atoms with van der Waals surface area (Å²) < 4.78 is 54.0. The van der Waals surface area contributed by atoms with Gasteiger partial charge in [-0.15, -0.1) is 0 Å². The number of piperazine rings is 1.